The zero-order chi connectivity index (χ0) is 24.8. The third-order valence-electron chi connectivity index (χ3n) is 4.81. The lowest BCUT2D eigenvalue weighted by Crippen LogP contribution is -2.14. The lowest BCUT2D eigenvalue weighted by Gasteiger charge is -2.11. The van der Waals surface area contributed by atoms with Crippen molar-refractivity contribution in [1.29, 1.82) is 0 Å². The molecule has 35 heavy (non-hydrogen) atoms. The SMILES string of the molecule is O=C(Nc1cccc(OCc2ccccn2)c1)c1ccc(NS(=O)(=O)c2ccc(F)c(F)c2)cc1. The molecule has 0 radical (unpaired) electrons. The summed E-state index contributed by atoms with van der Waals surface area (Å²) < 4.78 is 59.3. The summed E-state index contributed by atoms with van der Waals surface area (Å²) in [5, 5.41) is 2.75. The van der Waals surface area contributed by atoms with Crippen molar-refractivity contribution in [1.82, 2.24) is 4.98 Å². The summed E-state index contributed by atoms with van der Waals surface area (Å²) in [7, 11) is -4.14. The standard InChI is InChI=1S/C25H19F2N3O4S/c26-23-12-11-22(15-24(23)27)35(32,33)30-18-9-7-17(8-10-18)25(31)29-19-5-3-6-21(14-19)34-16-20-4-1-2-13-28-20/h1-15,30H,16H2,(H,29,31). The number of halogens is 2. The fourth-order valence-electron chi connectivity index (χ4n) is 3.06. The van der Waals surface area contributed by atoms with Gasteiger partial charge in [0.15, 0.2) is 11.6 Å². The summed E-state index contributed by atoms with van der Waals surface area (Å²) >= 11 is 0. The Hall–Kier alpha value is -4.31. The summed E-state index contributed by atoms with van der Waals surface area (Å²) in [6.07, 6.45) is 1.67. The first-order valence-electron chi connectivity index (χ1n) is 10.3. The van der Waals surface area contributed by atoms with Gasteiger partial charge in [0.05, 0.1) is 10.6 Å². The fraction of sp³-hybridized carbons (Fsp3) is 0.0400. The first-order chi connectivity index (χ1) is 16.8. The lowest BCUT2D eigenvalue weighted by atomic mass is 10.2. The second-order valence-electron chi connectivity index (χ2n) is 7.35. The number of hydrogen-bond donors (Lipinski definition) is 2. The van der Waals surface area contributed by atoms with Crippen LogP contribution in [-0.4, -0.2) is 19.3 Å². The Balaban J connectivity index is 1.39. The third kappa shape index (κ3) is 6.18. The highest BCUT2D eigenvalue weighted by Gasteiger charge is 2.17. The maximum absolute atomic E-state index is 13.4. The number of benzene rings is 3. The van der Waals surface area contributed by atoms with E-state index in [1.54, 1.807) is 30.5 Å². The number of nitrogens with zero attached hydrogens (tertiary/aromatic N) is 1. The van der Waals surface area contributed by atoms with Crippen molar-refractivity contribution in [3.8, 4) is 5.75 Å². The first kappa shape index (κ1) is 23.8. The second kappa shape index (κ2) is 10.3. The third-order valence-corrected chi connectivity index (χ3v) is 6.18. The average molecular weight is 496 g/mol. The van der Waals surface area contributed by atoms with E-state index in [1.807, 2.05) is 18.2 Å². The Kier molecular flexibility index (Phi) is 7.02. The van der Waals surface area contributed by atoms with E-state index in [0.717, 1.165) is 17.8 Å². The van der Waals surface area contributed by atoms with Crippen molar-refractivity contribution in [3.63, 3.8) is 0 Å². The van der Waals surface area contributed by atoms with E-state index < -0.39 is 32.5 Å². The highest BCUT2D eigenvalue weighted by molar-refractivity contribution is 7.92. The predicted octanol–water partition coefficient (Wildman–Crippen LogP) is 4.99. The maximum Gasteiger partial charge on any atom is 0.261 e. The van der Waals surface area contributed by atoms with Gasteiger partial charge in [0.2, 0.25) is 0 Å². The molecule has 4 rings (SSSR count). The molecule has 2 N–H and O–H groups in total. The molecule has 0 fully saturated rings. The molecule has 0 aliphatic carbocycles. The van der Waals surface area contributed by atoms with Gasteiger partial charge in [0, 0.05) is 29.2 Å². The Morgan fingerprint density at radius 2 is 1.66 bits per heavy atom. The highest BCUT2D eigenvalue weighted by Crippen LogP contribution is 2.21. The molecular weight excluding hydrogens is 476 g/mol. The van der Waals surface area contributed by atoms with E-state index >= 15 is 0 Å². The first-order valence-corrected chi connectivity index (χ1v) is 11.8. The molecule has 1 aromatic heterocycles. The van der Waals surface area contributed by atoms with Gasteiger partial charge >= 0.3 is 0 Å². The number of anilines is 2. The van der Waals surface area contributed by atoms with Crippen LogP contribution in [0.3, 0.4) is 0 Å². The number of ether oxygens (including phenoxy) is 1. The van der Waals surface area contributed by atoms with E-state index in [-0.39, 0.29) is 17.9 Å². The molecular formula is C25H19F2N3O4S. The zero-order valence-electron chi connectivity index (χ0n) is 18.1. The Morgan fingerprint density at radius 1 is 0.857 bits per heavy atom. The molecule has 3 aromatic carbocycles. The summed E-state index contributed by atoms with van der Waals surface area (Å²) in [5.41, 5.74) is 1.70. The van der Waals surface area contributed by atoms with Crippen LogP contribution in [0, 0.1) is 11.6 Å². The van der Waals surface area contributed by atoms with Crippen LogP contribution >= 0.6 is 0 Å². The maximum atomic E-state index is 13.4. The number of nitrogens with one attached hydrogen (secondary N) is 2. The van der Waals surface area contributed by atoms with E-state index in [0.29, 0.717) is 17.5 Å². The van der Waals surface area contributed by atoms with Crippen LogP contribution in [0.5, 0.6) is 5.75 Å². The molecule has 10 heteroatoms. The van der Waals surface area contributed by atoms with Gasteiger partial charge in [-0.2, -0.15) is 0 Å². The van der Waals surface area contributed by atoms with Crippen LogP contribution in [0.15, 0.2) is 96.0 Å². The second-order valence-corrected chi connectivity index (χ2v) is 9.03. The van der Waals surface area contributed by atoms with Crippen molar-refractivity contribution in [2.45, 2.75) is 11.5 Å². The number of hydrogen-bond acceptors (Lipinski definition) is 5. The molecule has 0 atom stereocenters. The minimum atomic E-state index is -4.14. The van der Waals surface area contributed by atoms with Gasteiger partial charge in [-0.1, -0.05) is 12.1 Å². The van der Waals surface area contributed by atoms with Crippen molar-refractivity contribution in [2.24, 2.45) is 0 Å². The van der Waals surface area contributed by atoms with E-state index in [2.05, 4.69) is 15.0 Å². The van der Waals surface area contributed by atoms with Gasteiger partial charge in [-0.05, 0) is 66.7 Å². The monoisotopic (exact) mass is 495 g/mol. The molecule has 1 amide bonds. The van der Waals surface area contributed by atoms with Crippen LogP contribution in [0.4, 0.5) is 20.2 Å². The Morgan fingerprint density at radius 3 is 2.37 bits per heavy atom. The largest absolute Gasteiger partial charge is 0.487 e. The summed E-state index contributed by atoms with van der Waals surface area (Å²) in [6, 6.07) is 20.3. The van der Waals surface area contributed by atoms with Crippen molar-refractivity contribution in [2.75, 3.05) is 10.0 Å². The smallest absolute Gasteiger partial charge is 0.261 e. The minimum absolute atomic E-state index is 0.149. The van der Waals surface area contributed by atoms with Gasteiger partial charge in [0.1, 0.15) is 12.4 Å². The number of aromatic nitrogens is 1. The van der Waals surface area contributed by atoms with Crippen LogP contribution in [0.2, 0.25) is 0 Å². The molecule has 0 saturated carbocycles. The fourth-order valence-corrected chi connectivity index (χ4v) is 4.13. The van der Waals surface area contributed by atoms with Crippen molar-refractivity contribution < 1.29 is 26.7 Å². The molecule has 7 nitrogen and oxygen atoms in total. The van der Waals surface area contributed by atoms with Gasteiger partial charge < -0.3 is 10.1 Å². The van der Waals surface area contributed by atoms with Crippen LogP contribution in [0.1, 0.15) is 16.1 Å². The number of amides is 1. The molecule has 0 unspecified atom stereocenters. The molecule has 4 aromatic rings. The topological polar surface area (TPSA) is 97.4 Å². The van der Waals surface area contributed by atoms with E-state index in [9.17, 15) is 22.0 Å². The lowest BCUT2D eigenvalue weighted by molar-refractivity contribution is 0.102. The molecule has 0 spiro atoms. The quantitative estimate of drug-likeness (QED) is 0.359. The Labute approximate surface area is 200 Å². The normalized spacial score (nSPS) is 11.0. The van der Waals surface area contributed by atoms with Gasteiger partial charge in [0.25, 0.3) is 15.9 Å². The number of carbonyl (C=O) groups is 1. The highest BCUT2D eigenvalue weighted by atomic mass is 32.2. The van der Waals surface area contributed by atoms with Gasteiger partial charge in [-0.25, -0.2) is 17.2 Å². The number of carbonyl (C=O) groups excluding carboxylic acids is 1. The van der Waals surface area contributed by atoms with Gasteiger partial charge in [-0.15, -0.1) is 0 Å². The zero-order valence-corrected chi connectivity index (χ0v) is 18.9. The molecule has 0 saturated heterocycles. The molecule has 0 bridgehead atoms. The summed E-state index contributed by atoms with van der Waals surface area (Å²) in [4.78, 5) is 16.4. The average Bonchev–Trinajstić information content (AvgIpc) is 2.85. The summed E-state index contributed by atoms with van der Waals surface area (Å²) in [5.74, 6) is -2.28. The van der Waals surface area contributed by atoms with Crippen LogP contribution < -0.4 is 14.8 Å². The van der Waals surface area contributed by atoms with E-state index in [4.69, 9.17) is 4.74 Å². The van der Waals surface area contributed by atoms with Crippen molar-refractivity contribution >= 4 is 27.3 Å². The number of sulfonamides is 1. The van der Waals surface area contributed by atoms with Crippen molar-refractivity contribution in [3.05, 3.63) is 114 Å². The number of pyridine rings is 1. The predicted molar refractivity (Wildman–Crippen MR) is 127 cm³/mol. The molecule has 1 heterocycles. The molecule has 0 aliphatic rings. The Bertz CT molecular complexity index is 1450. The van der Waals surface area contributed by atoms with Gasteiger partial charge in [-0.3, -0.25) is 14.5 Å². The summed E-state index contributed by atoms with van der Waals surface area (Å²) in [6.45, 7) is 0.278. The van der Waals surface area contributed by atoms with Crippen LogP contribution in [-0.2, 0) is 16.6 Å². The molecule has 178 valence electrons. The minimum Gasteiger partial charge on any atom is -0.487 e. The number of rotatable bonds is 8. The van der Waals surface area contributed by atoms with Crippen LogP contribution in [0.25, 0.3) is 0 Å². The van der Waals surface area contributed by atoms with E-state index in [1.165, 1.54) is 24.3 Å². The molecule has 0 aliphatic heterocycles.